The maximum absolute atomic E-state index is 12.9. The van der Waals surface area contributed by atoms with Crippen LogP contribution in [0.4, 0.5) is 4.39 Å². The van der Waals surface area contributed by atoms with Gasteiger partial charge in [-0.2, -0.15) is 9.90 Å². The van der Waals surface area contributed by atoms with E-state index in [1.165, 1.54) is 23.1 Å². The van der Waals surface area contributed by atoms with E-state index in [2.05, 4.69) is 22.4 Å². The third-order valence-electron chi connectivity index (χ3n) is 4.06. The second-order valence-electron chi connectivity index (χ2n) is 5.48. The summed E-state index contributed by atoms with van der Waals surface area (Å²) >= 11 is 0. The van der Waals surface area contributed by atoms with Gasteiger partial charge in [0, 0.05) is 25.2 Å². The Balaban J connectivity index is 0.00000192. The van der Waals surface area contributed by atoms with Crippen molar-refractivity contribution in [3.05, 3.63) is 42.0 Å². The van der Waals surface area contributed by atoms with Crippen molar-refractivity contribution in [3.63, 3.8) is 0 Å². The van der Waals surface area contributed by atoms with Crippen LogP contribution in [0.2, 0.25) is 0 Å². The van der Waals surface area contributed by atoms with E-state index in [1.807, 2.05) is 6.92 Å². The molecule has 0 spiro atoms. The van der Waals surface area contributed by atoms with Crippen LogP contribution in [0.5, 0.6) is 0 Å². The lowest BCUT2D eigenvalue weighted by Gasteiger charge is -2.38. The Kier molecular flexibility index (Phi) is 5.33. The number of rotatable bonds is 2. The summed E-state index contributed by atoms with van der Waals surface area (Å²) in [6.45, 7) is 5.48. The van der Waals surface area contributed by atoms with Crippen LogP contribution >= 0.6 is 12.4 Å². The van der Waals surface area contributed by atoms with E-state index in [0.29, 0.717) is 17.9 Å². The molecule has 2 heterocycles. The monoisotopic (exact) mass is 339 g/mol. The van der Waals surface area contributed by atoms with Crippen LogP contribution < -0.4 is 5.32 Å². The molecular weight excluding hydrogens is 321 g/mol. The van der Waals surface area contributed by atoms with Crippen LogP contribution in [-0.4, -0.2) is 51.0 Å². The normalized spacial score (nSPS) is 20.9. The van der Waals surface area contributed by atoms with Gasteiger partial charge in [-0.15, -0.1) is 17.5 Å². The molecule has 1 aliphatic rings. The van der Waals surface area contributed by atoms with Crippen molar-refractivity contribution in [2.24, 2.45) is 0 Å². The number of halogens is 2. The standard InChI is InChI=1S/C15H18FN5O.ClH/c1-10-11(2)20(8-7-17-10)15(22)14-9-18-21(19-14)13-5-3-12(16)4-6-13;/h3-6,9-11,17H,7-8H2,1-2H3;1H. The summed E-state index contributed by atoms with van der Waals surface area (Å²) in [4.78, 5) is 15.7. The van der Waals surface area contributed by atoms with Crippen molar-refractivity contribution in [1.82, 2.24) is 25.2 Å². The Morgan fingerprint density at radius 2 is 2.00 bits per heavy atom. The Bertz CT molecular complexity index is 675. The van der Waals surface area contributed by atoms with Crippen molar-refractivity contribution < 1.29 is 9.18 Å². The molecule has 2 aromatic rings. The van der Waals surface area contributed by atoms with E-state index in [-0.39, 0.29) is 36.2 Å². The maximum Gasteiger partial charge on any atom is 0.276 e. The first-order valence-corrected chi connectivity index (χ1v) is 7.29. The number of aromatic nitrogens is 3. The van der Waals surface area contributed by atoms with Gasteiger partial charge >= 0.3 is 0 Å². The number of carbonyl (C=O) groups excluding carboxylic acids is 1. The number of nitrogens with one attached hydrogen (secondary N) is 1. The van der Waals surface area contributed by atoms with Gasteiger partial charge in [0.25, 0.3) is 5.91 Å². The lowest BCUT2D eigenvalue weighted by Crippen LogP contribution is -2.57. The minimum atomic E-state index is -0.323. The molecule has 0 radical (unpaired) electrons. The number of nitrogens with zero attached hydrogens (tertiary/aromatic N) is 4. The molecule has 0 saturated carbocycles. The van der Waals surface area contributed by atoms with Crippen LogP contribution in [0, 0.1) is 5.82 Å². The van der Waals surface area contributed by atoms with Crippen LogP contribution in [0.3, 0.4) is 0 Å². The molecule has 23 heavy (non-hydrogen) atoms. The van der Waals surface area contributed by atoms with E-state index in [1.54, 1.807) is 17.0 Å². The molecule has 6 nitrogen and oxygen atoms in total. The smallest absolute Gasteiger partial charge is 0.276 e. The lowest BCUT2D eigenvalue weighted by atomic mass is 10.1. The highest BCUT2D eigenvalue weighted by molar-refractivity contribution is 5.92. The summed E-state index contributed by atoms with van der Waals surface area (Å²) in [5, 5.41) is 11.6. The number of carbonyl (C=O) groups is 1. The highest BCUT2D eigenvalue weighted by Crippen LogP contribution is 2.13. The van der Waals surface area contributed by atoms with Crippen molar-refractivity contribution in [2.45, 2.75) is 25.9 Å². The Morgan fingerprint density at radius 1 is 1.30 bits per heavy atom. The molecule has 8 heteroatoms. The molecule has 1 amide bonds. The van der Waals surface area contributed by atoms with Crippen LogP contribution in [-0.2, 0) is 0 Å². The van der Waals surface area contributed by atoms with E-state index >= 15 is 0 Å². The number of piperazine rings is 1. The van der Waals surface area contributed by atoms with Crippen molar-refractivity contribution >= 4 is 18.3 Å². The highest BCUT2D eigenvalue weighted by atomic mass is 35.5. The molecule has 1 N–H and O–H groups in total. The second-order valence-corrected chi connectivity index (χ2v) is 5.48. The predicted octanol–water partition coefficient (Wildman–Crippen LogP) is 1.65. The van der Waals surface area contributed by atoms with Gasteiger partial charge < -0.3 is 10.2 Å². The summed E-state index contributed by atoms with van der Waals surface area (Å²) < 4.78 is 12.9. The molecule has 124 valence electrons. The molecule has 2 unspecified atom stereocenters. The molecule has 3 rings (SSSR count). The fourth-order valence-corrected chi connectivity index (χ4v) is 2.55. The van der Waals surface area contributed by atoms with E-state index in [0.717, 1.165) is 6.54 Å². The van der Waals surface area contributed by atoms with Crippen LogP contribution in [0.1, 0.15) is 24.3 Å². The minimum absolute atomic E-state index is 0. The molecule has 0 bridgehead atoms. The third kappa shape index (κ3) is 3.51. The van der Waals surface area contributed by atoms with Crippen LogP contribution in [0.25, 0.3) is 5.69 Å². The van der Waals surface area contributed by atoms with Gasteiger partial charge in [0.1, 0.15) is 5.82 Å². The molecule has 1 saturated heterocycles. The largest absolute Gasteiger partial charge is 0.332 e. The second kappa shape index (κ2) is 7.06. The van der Waals surface area contributed by atoms with E-state index < -0.39 is 0 Å². The average Bonchev–Trinajstić information content (AvgIpc) is 3.00. The third-order valence-corrected chi connectivity index (χ3v) is 4.06. The summed E-state index contributed by atoms with van der Waals surface area (Å²) in [7, 11) is 0. The first kappa shape index (κ1) is 17.4. The molecule has 1 aromatic heterocycles. The first-order valence-electron chi connectivity index (χ1n) is 7.29. The van der Waals surface area contributed by atoms with Crippen molar-refractivity contribution in [3.8, 4) is 5.69 Å². The van der Waals surface area contributed by atoms with Crippen LogP contribution in [0.15, 0.2) is 30.5 Å². The van der Waals surface area contributed by atoms with Gasteiger partial charge in [0.2, 0.25) is 0 Å². The Morgan fingerprint density at radius 3 is 2.70 bits per heavy atom. The molecular formula is C15H19ClFN5O. The fraction of sp³-hybridized carbons (Fsp3) is 0.400. The van der Waals surface area contributed by atoms with Gasteiger partial charge in [-0.1, -0.05) is 0 Å². The molecule has 2 atom stereocenters. The van der Waals surface area contributed by atoms with Gasteiger partial charge in [0.05, 0.1) is 11.9 Å². The van der Waals surface area contributed by atoms with Gasteiger partial charge in [0.15, 0.2) is 5.69 Å². The zero-order valence-corrected chi connectivity index (χ0v) is 13.8. The van der Waals surface area contributed by atoms with E-state index in [9.17, 15) is 9.18 Å². The van der Waals surface area contributed by atoms with Crippen molar-refractivity contribution in [2.75, 3.05) is 13.1 Å². The topological polar surface area (TPSA) is 63.1 Å². The summed E-state index contributed by atoms with van der Waals surface area (Å²) in [6.07, 6.45) is 1.45. The maximum atomic E-state index is 12.9. The van der Waals surface area contributed by atoms with E-state index in [4.69, 9.17) is 0 Å². The summed E-state index contributed by atoms with van der Waals surface area (Å²) in [5.41, 5.74) is 0.910. The zero-order chi connectivity index (χ0) is 15.7. The SMILES string of the molecule is CC1NCCN(C(=O)c2cnn(-c3ccc(F)cc3)n2)C1C.Cl. The first-order chi connectivity index (χ1) is 10.6. The number of hydrogen-bond acceptors (Lipinski definition) is 4. The highest BCUT2D eigenvalue weighted by Gasteiger charge is 2.30. The predicted molar refractivity (Wildman–Crippen MR) is 86.5 cm³/mol. The van der Waals surface area contributed by atoms with Crippen molar-refractivity contribution in [1.29, 1.82) is 0 Å². The minimum Gasteiger partial charge on any atom is -0.332 e. The van der Waals surface area contributed by atoms with Gasteiger partial charge in [-0.05, 0) is 38.1 Å². The summed E-state index contributed by atoms with van der Waals surface area (Å²) in [5.74, 6) is -0.454. The summed E-state index contributed by atoms with van der Waals surface area (Å²) in [6, 6.07) is 6.14. The molecule has 1 aliphatic heterocycles. The lowest BCUT2D eigenvalue weighted by molar-refractivity contribution is 0.0596. The zero-order valence-electron chi connectivity index (χ0n) is 12.9. The quantitative estimate of drug-likeness (QED) is 0.903. The van der Waals surface area contributed by atoms with Gasteiger partial charge in [-0.25, -0.2) is 4.39 Å². The molecule has 1 aromatic carbocycles. The van der Waals surface area contributed by atoms with Gasteiger partial charge in [-0.3, -0.25) is 4.79 Å². The number of benzene rings is 1. The fourth-order valence-electron chi connectivity index (χ4n) is 2.55. The number of hydrogen-bond donors (Lipinski definition) is 1. The number of amides is 1. The Hall–Kier alpha value is -1.99. The molecule has 0 aliphatic carbocycles. The average molecular weight is 340 g/mol. The molecule has 1 fully saturated rings. The Labute approximate surface area is 140 Å².